The maximum absolute atomic E-state index is 13.0. The lowest BCUT2D eigenvalue weighted by atomic mass is 9.89. The largest absolute Gasteiger partial charge is 0.549 e. The molecule has 0 unspecified atom stereocenters. The molecule has 1 aromatic carbocycles. The zero-order chi connectivity index (χ0) is 17.6. The smallest absolute Gasteiger partial charge is 0.212 e. The van der Waals surface area contributed by atoms with Crippen molar-refractivity contribution in [3.05, 3.63) is 41.5 Å². The molecule has 0 radical (unpaired) electrons. The fourth-order valence-electron chi connectivity index (χ4n) is 2.89. The summed E-state index contributed by atoms with van der Waals surface area (Å²) in [7, 11) is 0. The van der Waals surface area contributed by atoms with E-state index in [1.54, 1.807) is 23.0 Å². The number of hydrogen-bond donors (Lipinski definition) is 0. The molecule has 2 aromatic rings. The summed E-state index contributed by atoms with van der Waals surface area (Å²) in [6.45, 7) is 0. The van der Waals surface area contributed by atoms with Crippen LogP contribution in [0.2, 0.25) is 0 Å². The molecule has 8 heteroatoms. The second-order valence-electron chi connectivity index (χ2n) is 5.94. The van der Waals surface area contributed by atoms with Crippen LogP contribution in [0.1, 0.15) is 49.4 Å². The first-order valence-corrected chi connectivity index (χ1v) is 9.20. The molecule has 0 bridgehead atoms. The minimum absolute atomic E-state index is 0.213. The van der Waals surface area contributed by atoms with Crippen molar-refractivity contribution in [1.82, 2.24) is 14.9 Å². The van der Waals surface area contributed by atoms with Gasteiger partial charge in [0.15, 0.2) is 5.82 Å². The van der Waals surface area contributed by atoms with E-state index in [0.717, 1.165) is 48.8 Å². The summed E-state index contributed by atoms with van der Waals surface area (Å²) in [5, 5.41) is 23.9. The highest BCUT2D eigenvalue weighted by molar-refractivity contribution is 7.99. The number of benzene rings is 1. The Kier molecular flexibility index (Phi) is 5.80. The maximum atomic E-state index is 13.0. The van der Waals surface area contributed by atoms with E-state index in [4.69, 9.17) is 0 Å². The number of carboxylic acid groups (broad SMARTS) is 1. The number of carboxylic acids is 1. The first kappa shape index (κ1) is 17.6. The van der Waals surface area contributed by atoms with Gasteiger partial charge in [0.05, 0.1) is 12.2 Å². The van der Waals surface area contributed by atoms with Gasteiger partial charge in [-0.1, -0.05) is 43.2 Å². The number of carbonyl (C=O) groups excluding carboxylic acids is 1. The van der Waals surface area contributed by atoms with Gasteiger partial charge in [0.2, 0.25) is 5.16 Å². The molecule has 0 atom stereocenters. The fourth-order valence-corrected chi connectivity index (χ4v) is 3.50. The third kappa shape index (κ3) is 4.66. The highest BCUT2D eigenvalue weighted by Crippen LogP contribution is 2.33. The van der Waals surface area contributed by atoms with E-state index >= 15 is 0 Å². The van der Waals surface area contributed by atoms with Crippen LogP contribution < -0.4 is 5.11 Å². The molecule has 1 heterocycles. The summed E-state index contributed by atoms with van der Waals surface area (Å²) in [5.74, 6) is -0.673. The molecule has 1 fully saturated rings. The van der Waals surface area contributed by atoms with Crippen LogP contribution in [0.3, 0.4) is 0 Å². The summed E-state index contributed by atoms with van der Waals surface area (Å²) in [6.07, 6.45) is 7.14. The first-order valence-electron chi connectivity index (χ1n) is 8.21. The monoisotopic (exact) mass is 361 g/mol. The Labute approximate surface area is 149 Å². The van der Waals surface area contributed by atoms with Gasteiger partial charge in [-0.2, -0.15) is 9.78 Å². The van der Waals surface area contributed by atoms with Crippen LogP contribution in [0.5, 0.6) is 0 Å². The van der Waals surface area contributed by atoms with Crippen LogP contribution in [0.4, 0.5) is 4.39 Å². The van der Waals surface area contributed by atoms with Gasteiger partial charge in [0, 0.05) is 11.7 Å². The molecule has 1 saturated carbocycles. The highest BCUT2D eigenvalue weighted by atomic mass is 32.2. The molecule has 6 nitrogen and oxygen atoms in total. The van der Waals surface area contributed by atoms with Gasteiger partial charge in [0.25, 0.3) is 0 Å². The Hall–Kier alpha value is -2.22. The average Bonchev–Trinajstić information content (AvgIpc) is 3.03. The van der Waals surface area contributed by atoms with Crippen molar-refractivity contribution in [2.75, 3.05) is 5.75 Å². The Bertz CT molecular complexity index is 755. The Morgan fingerprint density at radius 1 is 1.28 bits per heavy atom. The molecule has 1 aliphatic carbocycles. The number of thioether (sulfide) groups is 1. The van der Waals surface area contributed by atoms with E-state index in [-0.39, 0.29) is 17.5 Å². The van der Waals surface area contributed by atoms with Crippen molar-refractivity contribution in [3.8, 4) is 0 Å². The zero-order valence-corrected chi connectivity index (χ0v) is 14.4. The molecule has 132 valence electrons. The van der Waals surface area contributed by atoms with Gasteiger partial charge >= 0.3 is 0 Å². The van der Waals surface area contributed by atoms with E-state index < -0.39 is 5.97 Å². The number of aromatic nitrogens is 3. The summed E-state index contributed by atoms with van der Waals surface area (Å²) < 4.78 is 14.6. The SMILES string of the molecule is O=C([O-])CSc1nnc(C2CCCCC2)n1/N=C\c1ccc(F)cc1. The minimum Gasteiger partial charge on any atom is -0.549 e. The molecule has 0 spiro atoms. The van der Waals surface area contributed by atoms with Crippen LogP contribution in [-0.4, -0.2) is 32.8 Å². The molecule has 0 saturated heterocycles. The van der Waals surface area contributed by atoms with Crippen molar-refractivity contribution in [3.63, 3.8) is 0 Å². The number of halogens is 1. The lowest BCUT2D eigenvalue weighted by Crippen LogP contribution is -2.24. The number of rotatable bonds is 6. The standard InChI is InChI=1S/C17H19FN4O2S/c18-14-8-6-12(7-9-14)10-19-22-16(13-4-2-1-3-5-13)20-21-17(22)25-11-15(23)24/h6-10,13H,1-5,11H2,(H,23,24)/p-1/b19-10-. The van der Waals surface area contributed by atoms with E-state index in [2.05, 4.69) is 15.3 Å². The Balaban J connectivity index is 1.87. The average molecular weight is 361 g/mol. The van der Waals surface area contributed by atoms with Gasteiger partial charge in [-0.25, -0.2) is 4.39 Å². The third-order valence-electron chi connectivity index (χ3n) is 4.12. The molecular weight excluding hydrogens is 343 g/mol. The van der Waals surface area contributed by atoms with Gasteiger partial charge in [0.1, 0.15) is 5.82 Å². The van der Waals surface area contributed by atoms with Crippen molar-refractivity contribution in [1.29, 1.82) is 0 Å². The van der Waals surface area contributed by atoms with E-state index in [9.17, 15) is 14.3 Å². The van der Waals surface area contributed by atoms with Crippen molar-refractivity contribution in [2.45, 2.75) is 43.2 Å². The van der Waals surface area contributed by atoms with E-state index in [1.807, 2.05) is 0 Å². The summed E-state index contributed by atoms with van der Waals surface area (Å²) in [5.41, 5.74) is 0.737. The second kappa shape index (κ2) is 8.24. The van der Waals surface area contributed by atoms with Crippen molar-refractivity contribution in [2.24, 2.45) is 5.10 Å². The molecule has 1 aliphatic rings. The molecule has 0 amide bonds. The minimum atomic E-state index is -1.17. The number of aliphatic carboxylic acids is 1. The molecular formula is C17H18FN4O2S-. The van der Waals surface area contributed by atoms with Gasteiger partial charge in [-0.05, 0) is 30.5 Å². The highest BCUT2D eigenvalue weighted by Gasteiger charge is 2.23. The summed E-state index contributed by atoms with van der Waals surface area (Å²) >= 11 is 1.03. The third-order valence-corrected chi connectivity index (χ3v) is 5.01. The van der Waals surface area contributed by atoms with Crippen LogP contribution in [0.25, 0.3) is 0 Å². The maximum Gasteiger partial charge on any atom is 0.212 e. The Morgan fingerprint density at radius 3 is 2.68 bits per heavy atom. The molecule has 3 rings (SSSR count). The van der Waals surface area contributed by atoms with Gasteiger partial charge in [-0.3, -0.25) is 0 Å². The molecule has 25 heavy (non-hydrogen) atoms. The van der Waals surface area contributed by atoms with E-state index in [1.165, 1.54) is 18.6 Å². The quantitative estimate of drug-likeness (QED) is 0.582. The van der Waals surface area contributed by atoms with Crippen LogP contribution in [-0.2, 0) is 4.79 Å². The molecule has 0 aliphatic heterocycles. The van der Waals surface area contributed by atoms with Gasteiger partial charge in [-0.15, -0.1) is 10.2 Å². The summed E-state index contributed by atoms with van der Waals surface area (Å²) in [6, 6.07) is 5.97. The van der Waals surface area contributed by atoms with Gasteiger partial charge < -0.3 is 9.90 Å². The van der Waals surface area contributed by atoms with Crippen LogP contribution in [0, 0.1) is 5.82 Å². The fraction of sp³-hybridized carbons (Fsp3) is 0.412. The zero-order valence-electron chi connectivity index (χ0n) is 13.6. The second-order valence-corrected chi connectivity index (χ2v) is 6.89. The number of nitrogens with zero attached hydrogens (tertiary/aromatic N) is 4. The predicted molar refractivity (Wildman–Crippen MR) is 91.0 cm³/mol. The number of hydrogen-bond acceptors (Lipinski definition) is 6. The lowest BCUT2D eigenvalue weighted by molar-refractivity contribution is -0.301. The predicted octanol–water partition coefficient (Wildman–Crippen LogP) is 2.19. The topological polar surface area (TPSA) is 83.2 Å². The lowest BCUT2D eigenvalue weighted by Gasteiger charge is -2.20. The molecule has 1 aromatic heterocycles. The van der Waals surface area contributed by atoms with Crippen molar-refractivity contribution < 1.29 is 14.3 Å². The van der Waals surface area contributed by atoms with Crippen molar-refractivity contribution >= 4 is 23.9 Å². The van der Waals surface area contributed by atoms with Crippen LogP contribution >= 0.6 is 11.8 Å². The number of carbonyl (C=O) groups is 1. The first-order chi connectivity index (χ1) is 12.1. The molecule has 0 N–H and O–H groups in total. The van der Waals surface area contributed by atoms with Crippen LogP contribution in [0.15, 0.2) is 34.5 Å². The van der Waals surface area contributed by atoms with E-state index in [0.29, 0.717) is 5.16 Å². The Morgan fingerprint density at radius 2 is 2.00 bits per heavy atom. The summed E-state index contributed by atoms with van der Waals surface area (Å²) in [4.78, 5) is 10.7. The normalized spacial score (nSPS) is 15.7.